The molecule has 1 heterocycles. The Morgan fingerprint density at radius 2 is 1.75 bits per heavy atom. The molecule has 0 fully saturated rings. The number of hydrogen-bond donors (Lipinski definition) is 1. The SMILES string of the molecule is C[C@@H](CNC(=O)c1ccc(-c2ccccc2)cc1)c1nncn1C. The summed E-state index contributed by atoms with van der Waals surface area (Å²) in [4.78, 5) is 12.3. The molecule has 0 unspecified atom stereocenters. The van der Waals surface area contributed by atoms with Crippen LogP contribution >= 0.6 is 0 Å². The summed E-state index contributed by atoms with van der Waals surface area (Å²) in [7, 11) is 1.90. The molecule has 1 amide bonds. The van der Waals surface area contributed by atoms with Crippen molar-refractivity contribution in [2.45, 2.75) is 12.8 Å². The Kier molecular flexibility index (Phi) is 4.70. The molecule has 122 valence electrons. The Morgan fingerprint density at radius 3 is 2.38 bits per heavy atom. The van der Waals surface area contributed by atoms with E-state index in [0.717, 1.165) is 17.0 Å². The van der Waals surface area contributed by atoms with Gasteiger partial charge in [0.05, 0.1) is 0 Å². The van der Waals surface area contributed by atoms with E-state index < -0.39 is 0 Å². The summed E-state index contributed by atoms with van der Waals surface area (Å²) < 4.78 is 1.87. The van der Waals surface area contributed by atoms with E-state index in [-0.39, 0.29) is 11.8 Å². The molecule has 0 aliphatic rings. The zero-order chi connectivity index (χ0) is 16.9. The number of carbonyl (C=O) groups excluding carboxylic acids is 1. The van der Waals surface area contributed by atoms with Gasteiger partial charge in [-0.15, -0.1) is 10.2 Å². The van der Waals surface area contributed by atoms with Crippen LogP contribution in [0.1, 0.15) is 29.0 Å². The molecule has 0 aliphatic heterocycles. The predicted octanol–water partition coefficient (Wildman–Crippen LogP) is 3.02. The van der Waals surface area contributed by atoms with Gasteiger partial charge in [-0.2, -0.15) is 0 Å². The quantitative estimate of drug-likeness (QED) is 0.786. The molecule has 0 saturated carbocycles. The third-order valence-corrected chi connectivity index (χ3v) is 4.01. The van der Waals surface area contributed by atoms with Crippen LogP contribution in [0.15, 0.2) is 60.9 Å². The van der Waals surface area contributed by atoms with Crippen molar-refractivity contribution in [2.75, 3.05) is 6.54 Å². The largest absolute Gasteiger partial charge is 0.351 e. The first-order chi connectivity index (χ1) is 11.6. The summed E-state index contributed by atoms with van der Waals surface area (Å²) in [6, 6.07) is 17.7. The Balaban J connectivity index is 1.62. The van der Waals surface area contributed by atoms with E-state index in [1.165, 1.54) is 0 Å². The summed E-state index contributed by atoms with van der Waals surface area (Å²) in [6.07, 6.45) is 1.66. The lowest BCUT2D eigenvalue weighted by atomic mass is 10.0. The standard InChI is InChI=1S/C19H20N4O/c1-14(18-22-21-13-23(18)2)12-20-19(24)17-10-8-16(9-11-17)15-6-4-3-5-7-15/h3-11,13-14H,12H2,1-2H3,(H,20,24)/t14-/m0/s1. The van der Waals surface area contributed by atoms with Crippen molar-refractivity contribution in [3.8, 4) is 11.1 Å². The van der Waals surface area contributed by atoms with E-state index in [2.05, 4.69) is 27.6 Å². The molecule has 3 aromatic rings. The van der Waals surface area contributed by atoms with Crippen LogP contribution in [-0.2, 0) is 7.05 Å². The van der Waals surface area contributed by atoms with E-state index in [0.29, 0.717) is 12.1 Å². The van der Waals surface area contributed by atoms with Gasteiger partial charge in [-0.05, 0) is 23.3 Å². The number of aromatic nitrogens is 3. The van der Waals surface area contributed by atoms with Crippen LogP contribution < -0.4 is 5.32 Å². The first-order valence-corrected chi connectivity index (χ1v) is 7.92. The number of benzene rings is 2. The topological polar surface area (TPSA) is 59.8 Å². The predicted molar refractivity (Wildman–Crippen MR) is 93.6 cm³/mol. The maximum atomic E-state index is 12.3. The highest BCUT2D eigenvalue weighted by Crippen LogP contribution is 2.19. The molecule has 1 aromatic heterocycles. The van der Waals surface area contributed by atoms with Gasteiger partial charge in [0.1, 0.15) is 12.2 Å². The van der Waals surface area contributed by atoms with Gasteiger partial charge in [0.2, 0.25) is 0 Å². The maximum absolute atomic E-state index is 12.3. The van der Waals surface area contributed by atoms with Crippen molar-refractivity contribution >= 4 is 5.91 Å². The molecular formula is C19H20N4O. The third kappa shape index (κ3) is 3.51. The Hall–Kier alpha value is -2.95. The lowest BCUT2D eigenvalue weighted by Gasteiger charge is -2.12. The number of rotatable bonds is 5. The molecule has 5 nitrogen and oxygen atoms in total. The first-order valence-electron chi connectivity index (χ1n) is 7.92. The minimum absolute atomic E-state index is 0.0800. The Labute approximate surface area is 141 Å². The van der Waals surface area contributed by atoms with Gasteiger partial charge < -0.3 is 9.88 Å². The zero-order valence-corrected chi connectivity index (χ0v) is 13.8. The summed E-state index contributed by atoms with van der Waals surface area (Å²) in [5.74, 6) is 0.878. The van der Waals surface area contributed by atoms with Crippen molar-refractivity contribution < 1.29 is 4.79 Å². The summed E-state index contributed by atoms with van der Waals surface area (Å²) in [6.45, 7) is 2.54. The lowest BCUT2D eigenvalue weighted by Crippen LogP contribution is -2.28. The fourth-order valence-corrected chi connectivity index (χ4v) is 2.62. The van der Waals surface area contributed by atoms with Gasteiger partial charge in [-0.3, -0.25) is 4.79 Å². The number of amides is 1. The van der Waals surface area contributed by atoms with Gasteiger partial charge in [0.25, 0.3) is 5.91 Å². The summed E-state index contributed by atoms with van der Waals surface area (Å²) in [5.41, 5.74) is 2.89. The molecule has 1 N–H and O–H groups in total. The average molecular weight is 320 g/mol. The monoisotopic (exact) mass is 320 g/mol. The van der Waals surface area contributed by atoms with Crippen molar-refractivity contribution in [3.05, 3.63) is 72.3 Å². The molecule has 0 radical (unpaired) electrons. The van der Waals surface area contributed by atoms with E-state index in [9.17, 15) is 4.79 Å². The van der Waals surface area contributed by atoms with Crippen LogP contribution in [0.5, 0.6) is 0 Å². The normalized spacial score (nSPS) is 11.9. The van der Waals surface area contributed by atoms with E-state index in [1.807, 2.05) is 61.0 Å². The highest BCUT2D eigenvalue weighted by atomic mass is 16.1. The van der Waals surface area contributed by atoms with Crippen molar-refractivity contribution in [1.29, 1.82) is 0 Å². The lowest BCUT2D eigenvalue weighted by molar-refractivity contribution is 0.0951. The van der Waals surface area contributed by atoms with Gasteiger partial charge in [-0.1, -0.05) is 49.4 Å². The van der Waals surface area contributed by atoms with Crippen LogP contribution in [0.4, 0.5) is 0 Å². The molecule has 0 aliphatic carbocycles. The number of nitrogens with one attached hydrogen (secondary N) is 1. The molecule has 2 aromatic carbocycles. The number of hydrogen-bond acceptors (Lipinski definition) is 3. The van der Waals surface area contributed by atoms with Gasteiger partial charge >= 0.3 is 0 Å². The molecule has 0 bridgehead atoms. The highest BCUT2D eigenvalue weighted by molar-refractivity contribution is 5.94. The van der Waals surface area contributed by atoms with Gasteiger partial charge in [0.15, 0.2) is 0 Å². The van der Waals surface area contributed by atoms with Gasteiger partial charge in [-0.25, -0.2) is 0 Å². The number of carbonyl (C=O) groups is 1. The molecule has 3 rings (SSSR count). The van der Waals surface area contributed by atoms with E-state index in [1.54, 1.807) is 6.33 Å². The Morgan fingerprint density at radius 1 is 1.08 bits per heavy atom. The van der Waals surface area contributed by atoms with E-state index in [4.69, 9.17) is 0 Å². The van der Waals surface area contributed by atoms with E-state index >= 15 is 0 Å². The smallest absolute Gasteiger partial charge is 0.251 e. The van der Waals surface area contributed by atoms with Crippen LogP contribution in [-0.4, -0.2) is 27.2 Å². The molecule has 0 saturated heterocycles. The molecule has 24 heavy (non-hydrogen) atoms. The van der Waals surface area contributed by atoms with Crippen LogP contribution in [0, 0.1) is 0 Å². The van der Waals surface area contributed by atoms with Crippen molar-refractivity contribution in [3.63, 3.8) is 0 Å². The second kappa shape index (κ2) is 7.08. The van der Waals surface area contributed by atoms with Crippen LogP contribution in [0.2, 0.25) is 0 Å². The van der Waals surface area contributed by atoms with Crippen molar-refractivity contribution in [1.82, 2.24) is 20.1 Å². The minimum atomic E-state index is -0.0800. The zero-order valence-electron chi connectivity index (χ0n) is 13.8. The molecule has 5 heteroatoms. The fourth-order valence-electron chi connectivity index (χ4n) is 2.62. The number of aryl methyl sites for hydroxylation is 1. The maximum Gasteiger partial charge on any atom is 0.251 e. The fraction of sp³-hybridized carbons (Fsp3) is 0.211. The number of nitrogens with zero attached hydrogens (tertiary/aromatic N) is 3. The third-order valence-electron chi connectivity index (χ3n) is 4.01. The second-order valence-corrected chi connectivity index (χ2v) is 5.85. The van der Waals surface area contributed by atoms with Crippen molar-refractivity contribution in [2.24, 2.45) is 7.05 Å². The molecular weight excluding hydrogens is 300 g/mol. The molecule has 0 spiro atoms. The van der Waals surface area contributed by atoms with Gasteiger partial charge in [0, 0.05) is 25.1 Å². The molecule has 1 atom stereocenters. The Bertz CT molecular complexity index is 809. The summed E-state index contributed by atoms with van der Waals surface area (Å²) >= 11 is 0. The minimum Gasteiger partial charge on any atom is -0.351 e. The second-order valence-electron chi connectivity index (χ2n) is 5.85. The first kappa shape index (κ1) is 15.9. The van der Waals surface area contributed by atoms with Crippen LogP contribution in [0.3, 0.4) is 0 Å². The van der Waals surface area contributed by atoms with Crippen LogP contribution in [0.25, 0.3) is 11.1 Å². The average Bonchev–Trinajstić information content (AvgIpc) is 3.06. The summed E-state index contributed by atoms with van der Waals surface area (Å²) in [5, 5.41) is 10.9. The highest BCUT2D eigenvalue weighted by Gasteiger charge is 2.13.